The van der Waals surface area contributed by atoms with Crippen LogP contribution in [-0.4, -0.2) is 11.8 Å². The molecule has 2 amide bonds. The van der Waals surface area contributed by atoms with Crippen LogP contribution >= 0.6 is 25.3 Å². The van der Waals surface area contributed by atoms with Gasteiger partial charge in [0.2, 0.25) is 0 Å². The Bertz CT molecular complexity index is 731. The van der Waals surface area contributed by atoms with E-state index in [-0.39, 0.29) is 0 Å². The van der Waals surface area contributed by atoms with Gasteiger partial charge in [0.15, 0.2) is 0 Å². The molecule has 1 N–H and O–H groups in total. The molecule has 3 nitrogen and oxygen atoms in total. The minimum atomic E-state index is -0.409. The van der Waals surface area contributed by atoms with Crippen LogP contribution in [0.15, 0.2) is 58.3 Å². The van der Waals surface area contributed by atoms with Crippen molar-refractivity contribution in [1.82, 2.24) is 5.32 Å². The molecule has 0 spiro atoms. The Hall–Kier alpha value is -1.98. The Morgan fingerprint density at radius 3 is 1.43 bits per heavy atom. The van der Waals surface area contributed by atoms with E-state index in [0.29, 0.717) is 32.1 Å². The zero-order valence-corrected chi connectivity index (χ0v) is 12.6. The number of amides is 2. The van der Waals surface area contributed by atoms with Gasteiger partial charge in [-0.2, -0.15) is 0 Å². The van der Waals surface area contributed by atoms with Gasteiger partial charge in [0.05, 0.1) is 11.1 Å². The number of benzene rings is 2. The van der Waals surface area contributed by atoms with Gasteiger partial charge >= 0.3 is 0 Å². The van der Waals surface area contributed by atoms with Crippen LogP contribution in [0.1, 0.15) is 11.1 Å². The van der Waals surface area contributed by atoms with Crippen molar-refractivity contribution >= 4 is 48.2 Å². The van der Waals surface area contributed by atoms with Crippen molar-refractivity contribution in [1.29, 1.82) is 0 Å². The summed E-state index contributed by atoms with van der Waals surface area (Å²) in [5.41, 5.74) is 1.95. The molecule has 5 heteroatoms. The van der Waals surface area contributed by atoms with Crippen molar-refractivity contribution in [3.05, 3.63) is 59.7 Å². The first-order valence-electron chi connectivity index (χ1n) is 6.26. The van der Waals surface area contributed by atoms with E-state index in [1.165, 1.54) is 0 Å². The summed E-state index contributed by atoms with van der Waals surface area (Å²) in [6, 6.07) is 14.4. The zero-order chi connectivity index (χ0) is 15.0. The second-order valence-corrected chi connectivity index (χ2v) is 5.53. The molecule has 0 aliphatic carbocycles. The molecule has 0 unspecified atom stereocenters. The van der Waals surface area contributed by atoms with E-state index < -0.39 is 11.8 Å². The Labute approximate surface area is 132 Å². The maximum absolute atomic E-state index is 12.2. The van der Waals surface area contributed by atoms with Crippen LogP contribution in [0.3, 0.4) is 0 Å². The monoisotopic (exact) mass is 313 g/mol. The summed E-state index contributed by atoms with van der Waals surface area (Å²) in [6.07, 6.45) is 0. The first-order chi connectivity index (χ1) is 10.1. The van der Waals surface area contributed by atoms with E-state index in [2.05, 4.69) is 30.6 Å². The first kappa shape index (κ1) is 14.0. The Balaban J connectivity index is 2.32. The highest BCUT2D eigenvalue weighted by Gasteiger charge is 2.33. The highest BCUT2D eigenvalue weighted by molar-refractivity contribution is 7.80. The summed E-state index contributed by atoms with van der Waals surface area (Å²) in [5, 5.41) is 2.35. The number of carbonyl (C=O) groups is 2. The Morgan fingerprint density at radius 1 is 0.667 bits per heavy atom. The van der Waals surface area contributed by atoms with E-state index >= 15 is 0 Å². The molecule has 0 bridgehead atoms. The van der Waals surface area contributed by atoms with Crippen molar-refractivity contribution in [2.24, 2.45) is 0 Å². The molecule has 0 fully saturated rings. The highest BCUT2D eigenvalue weighted by atomic mass is 32.1. The van der Waals surface area contributed by atoms with Gasteiger partial charge in [0.25, 0.3) is 11.8 Å². The van der Waals surface area contributed by atoms with Crippen molar-refractivity contribution < 1.29 is 9.59 Å². The lowest BCUT2D eigenvalue weighted by Crippen LogP contribution is -2.22. The smallest absolute Gasteiger partial charge is 0.259 e. The van der Waals surface area contributed by atoms with Gasteiger partial charge in [0, 0.05) is 20.9 Å². The molecule has 21 heavy (non-hydrogen) atoms. The van der Waals surface area contributed by atoms with Crippen LogP contribution in [-0.2, 0) is 9.59 Å². The third-order valence-electron chi connectivity index (χ3n) is 3.28. The Kier molecular flexibility index (Phi) is 3.61. The molecule has 1 heterocycles. The fraction of sp³-hybridized carbons (Fsp3) is 0. The van der Waals surface area contributed by atoms with Gasteiger partial charge in [-0.15, -0.1) is 25.3 Å². The van der Waals surface area contributed by atoms with Crippen LogP contribution in [0.2, 0.25) is 0 Å². The molecular weight excluding hydrogens is 302 g/mol. The van der Waals surface area contributed by atoms with Crippen LogP contribution in [0, 0.1) is 0 Å². The van der Waals surface area contributed by atoms with Gasteiger partial charge < -0.3 is 0 Å². The number of carbonyl (C=O) groups excluding carboxylic acids is 2. The molecule has 2 aromatic carbocycles. The number of rotatable bonds is 2. The maximum Gasteiger partial charge on any atom is 0.259 e. The number of hydrogen-bond donors (Lipinski definition) is 3. The van der Waals surface area contributed by atoms with Gasteiger partial charge in [-0.25, -0.2) is 0 Å². The third-order valence-corrected chi connectivity index (χ3v) is 4.06. The van der Waals surface area contributed by atoms with Crippen molar-refractivity contribution in [2.45, 2.75) is 9.79 Å². The number of hydrogen-bond acceptors (Lipinski definition) is 4. The van der Waals surface area contributed by atoms with Crippen LogP contribution < -0.4 is 5.32 Å². The topological polar surface area (TPSA) is 46.2 Å². The largest absolute Gasteiger partial charge is 0.288 e. The number of nitrogens with one attached hydrogen (secondary N) is 1. The minimum Gasteiger partial charge on any atom is -0.288 e. The molecule has 1 aliphatic rings. The lowest BCUT2D eigenvalue weighted by molar-refractivity contribution is -0.122. The van der Waals surface area contributed by atoms with Crippen molar-refractivity contribution in [3.63, 3.8) is 0 Å². The molecule has 104 valence electrons. The minimum absolute atomic E-state index is 0.340. The normalized spacial score (nSPS) is 14.6. The summed E-state index contributed by atoms with van der Waals surface area (Å²) in [7, 11) is 0. The van der Waals surface area contributed by atoms with Crippen LogP contribution in [0.25, 0.3) is 11.1 Å². The van der Waals surface area contributed by atoms with Gasteiger partial charge in [-0.3, -0.25) is 14.9 Å². The number of imide groups is 1. The zero-order valence-electron chi connectivity index (χ0n) is 10.8. The molecule has 1 aliphatic heterocycles. The molecule has 0 radical (unpaired) electrons. The highest BCUT2D eigenvalue weighted by Crippen LogP contribution is 2.35. The molecule has 2 aromatic rings. The van der Waals surface area contributed by atoms with Crippen LogP contribution in [0.5, 0.6) is 0 Å². The van der Waals surface area contributed by atoms with E-state index in [1.54, 1.807) is 24.3 Å². The quantitative estimate of drug-likeness (QED) is 0.590. The molecule has 0 aromatic heterocycles. The Morgan fingerprint density at radius 2 is 1.05 bits per heavy atom. The molecule has 0 saturated carbocycles. The average Bonchev–Trinajstić information content (AvgIpc) is 2.75. The second-order valence-electron chi connectivity index (χ2n) is 4.57. The van der Waals surface area contributed by atoms with E-state index in [1.807, 2.05) is 24.3 Å². The molecule has 3 rings (SSSR count). The maximum atomic E-state index is 12.2. The summed E-state index contributed by atoms with van der Waals surface area (Å²) in [6.45, 7) is 0. The fourth-order valence-corrected chi connectivity index (χ4v) is 2.88. The third kappa shape index (κ3) is 2.39. The van der Waals surface area contributed by atoms with Crippen LogP contribution in [0.4, 0.5) is 0 Å². The second kappa shape index (κ2) is 5.42. The predicted molar refractivity (Wildman–Crippen MR) is 87.4 cm³/mol. The lowest BCUT2D eigenvalue weighted by atomic mass is 9.96. The van der Waals surface area contributed by atoms with Gasteiger partial charge in [-0.05, 0) is 12.1 Å². The lowest BCUT2D eigenvalue weighted by Gasteiger charge is -2.08. The van der Waals surface area contributed by atoms with E-state index in [0.717, 1.165) is 0 Å². The van der Waals surface area contributed by atoms with Gasteiger partial charge in [-0.1, -0.05) is 36.4 Å². The SMILES string of the molecule is O=C1NC(=O)C(c2ccccc2S)=C1c1ccccc1S. The van der Waals surface area contributed by atoms with Gasteiger partial charge in [0.1, 0.15) is 0 Å². The standard InChI is InChI=1S/C16H11NO2S2/c18-15-13(9-5-1-3-7-11(9)20)14(16(19)17-15)10-6-2-4-8-12(10)21/h1-8,20-21H,(H,17,18,19). The fourth-order valence-electron chi connectivity index (χ4n) is 2.34. The summed E-state index contributed by atoms with van der Waals surface area (Å²) in [4.78, 5) is 25.7. The van der Waals surface area contributed by atoms with Crippen molar-refractivity contribution in [3.8, 4) is 0 Å². The summed E-state index contributed by atoms with van der Waals surface area (Å²) < 4.78 is 0. The predicted octanol–water partition coefficient (Wildman–Crippen LogP) is 2.83. The summed E-state index contributed by atoms with van der Waals surface area (Å²) in [5.74, 6) is -0.818. The average molecular weight is 313 g/mol. The molecular formula is C16H11NO2S2. The molecule has 0 saturated heterocycles. The summed E-state index contributed by atoms with van der Waals surface area (Å²) >= 11 is 8.76. The number of thiol groups is 2. The van der Waals surface area contributed by atoms with Crippen molar-refractivity contribution in [2.75, 3.05) is 0 Å². The van der Waals surface area contributed by atoms with E-state index in [4.69, 9.17) is 0 Å². The first-order valence-corrected chi connectivity index (χ1v) is 7.15. The molecule has 0 atom stereocenters. The van der Waals surface area contributed by atoms with E-state index in [9.17, 15) is 9.59 Å².